The van der Waals surface area contributed by atoms with E-state index in [2.05, 4.69) is 4.84 Å². The minimum atomic E-state index is -0.491. The van der Waals surface area contributed by atoms with Gasteiger partial charge in [0.2, 0.25) is 0 Å². The first-order chi connectivity index (χ1) is 4.09. The summed E-state index contributed by atoms with van der Waals surface area (Å²) in [6.07, 6.45) is 0. The third-order valence-electron chi connectivity index (χ3n) is 0.974. The summed E-state index contributed by atoms with van der Waals surface area (Å²) in [5.41, 5.74) is 5.24. The summed E-state index contributed by atoms with van der Waals surface area (Å²) in [4.78, 5) is 15.3. The van der Waals surface area contributed by atoms with Gasteiger partial charge in [0.05, 0.1) is 13.2 Å². The summed E-state index contributed by atoms with van der Waals surface area (Å²) >= 11 is 0. The monoisotopic (exact) mass is 132 g/mol. The molecule has 0 aliphatic carbocycles. The van der Waals surface area contributed by atoms with Crippen LogP contribution in [-0.4, -0.2) is 31.2 Å². The van der Waals surface area contributed by atoms with Gasteiger partial charge < -0.3 is 5.73 Å². The van der Waals surface area contributed by atoms with Crippen LogP contribution in [0.4, 0.5) is 0 Å². The first-order valence-corrected chi connectivity index (χ1v) is 2.67. The van der Waals surface area contributed by atoms with Crippen molar-refractivity contribution in [1.82, 2.24) is 5.06 Å². The van der Waals surface area contributed by atoms with Crippen LogP contribution in [0.3, 0.4) is 0 Å². The number of carbonyl (C=O) groups is 1. The van der Waals surface area contributed by atoms with Crippen molar-refractivity contribution in [2.75, 3.05) is 14.2 Å². The number of rotatable bonds is 2. The third kappa shape index (κ3) is 2.43. The van der Waals surface area contributed by atoms with Crippen LogP contribution in [0.5, 0.6) is 0 Å². The van der Waals surface area contributed by atoms with E-state index in [-0.39, 0.29) is 5.91 Å². The van der Waals surface area contributed by atoms with Crippen LogP contribution in [0.2, 0.25) is 0 Å². The molecular weight excluding hydrogens is 120 g/mol. The summed E-state index contributed by atoms with van der Waals surface area (Å²) < 4.78 is 0. The second-order valence-corrected chi connectivity index (χ2v) is 1.81. The molecule has 0 spiro atoms. The van der Waals surface area contributed by atoms with E-state index < -0.39 is 6.04 Å². The number of hydrogen-bond donors (Lipinski definition) is 1. The second kappa shape index (κ2) is 3.42. The average Bonchev–Trinajstić information content (AvgIpc) is 1.84. The number of hydrogen-bond acceptors (Lipinski definition) is 3. The van der Waals surface area contributed by atoms with Crippen molar-refractivity contribution in [1.29, 1.82) is 0 Å². The molecule has 0 rings (SSSR count). The Bertz CT molecular complexity index is 103. The van der Waals surface area contributed by atoms with E-state index in [4.69, 9.17) is 5.73 Å². The molecule has 9 heavy (non-hydrogen) atoms. The minimum Gasteiger partial charge on any atom is -0.320 e. The van der Waals surface area contributed by atoms with E-state index in [9.17, 15) is 4.79 Å². The van der Waals surface area contributed by atoms with Gasteiger partial charge in [0.25, 0.3) is 5.91 Å². The highest BCUT2D eigenvalue weighted by Gasteiger charge is 2.11. The smallest absolute Gasteiger partial charge is 0.262 e. The first kappa shape index (κ1) is 8.39. The molecule has 0 aromatic carbocycles. The molecule has 54 valence electrons. The molecule has 2 N–H and O–H groups in total. The number of hydroxylamine groups is 2. The molecule has 4 heteroatoms. The Morgan fingerprint density at radius 2 is 2.22 bits per heavy atom. The molecule has 1 amide bonds. The van der Waals surface area contributed by atoms with E-state index in [1.807, 2.05) is 0 Å². The standard InChI is InChI=1S/C5H12N2O2/c1-4(6)5(8)7(2)9-3/h4H,6H2,1-3H3/t4-/m0/s1. The predicted octanol–water partition coefficient (Wildman–Crippen LogP) is -0.647. The average molecular weight is 132 g/mol. The zero-order valence-corrected chi connectivity index (χ0v) is 5.92. The molecule has 1 atom stereocenters. The quantitative estimate of drug-likeness (QED) is 0.508. The third-order valence-corrected chi connectivity index (χ3v) is 0.974. The number of amides is 1. The van der Waals surface area contributed by atoms with Crippen LogP contribution in [-0.2, 0) is 9.63 Å². The Kier molecular flexibility index (Phi) is 3.19. The van der Waals surface area contributed by atoms with Crippen molar-refractivity contribution in [3.8, 4) is 0 Å². The SMILES string of the molecule is CON(C)C(=O)[C@H](C)N. The fourth-order valence-corrected chi connectivity index (χ4v) is 0.377. The lowest BCUT2D eigenvalue weighted by atomic mass is 10.3. The predicted molar refractivity (Wildman–Crippen MR) is 33.4 cm³/mol. The zero-order chi connectivity index (χ0) is 7.44. The fourth-order valence-electron chi connectivity index (χ4n) is 0.377. The van der Waals surface area contributed by atoms with E-state index in [1.54, 1.807) is 6.92 Å². The van der Waals surface area contributed by atoms with Gasteiger partial charge >= 0.3 is 0 Å². The topological polar surface area (TPSA) is 55.6 Å². The van der Waals surface area contributed by atoms with Crippen LogP contribution in [0, 0.1) is 0 Å². The fraction of sp³-hybridized carbons (Fsp3) is 0.800. The van der Waals surface area contributed by atoms with Gasteiger partial charge in [0.1, 0.15) is 0 Å². The number of nitrogens with two attached hydrogens (primary N) is 1. The molecule has 0 aromatic heterocycles. The second-order valence-electron chi connectivity index (χ2n) is 1.81. The maximum atomic E-state index is 10.7. The minimum absolute atomic E-state index is 0.225. The van der Waals surface area contributed by atoms with Crippen LogP contribution >= 0.6 is 0 Å². The van der Waals surface area contributed by atoms with Crippen molar-refractivity contribution < 1.29 is 9.63 Å². The molecule has 0 heterocycles. The van der Waals surface area contributed by atoms with Gasteiger partial charge in [-0.1, -0.05) is 0 Å². The van der Waals surface area contributed by atoms with Crippen molar-refractivity contribution in [2.45, 2.75) is 13.0 Å². The summed E-state index contributed by atoms with van der Waals surface area (Å²) in [6.45, 7) is 1.61. The highest BCUT2D eigenvalue weighted by atomic mass is 16.7. The number of likely N-dealkylation sites (N-methyl/N-ethyl adjacent to an activating group) is 1. The van der Waals surface area contributed by atoms with Crippen molar-refractivity contribution >= 4 is 5.91 Å². The van der Waals surface area contributed by atoms with Gasteiger partial charge in [-0.3, -0.25) is 9.63 Å². The molecule has 0 fully saturated rings. The van der Waals surface area contributed by atoms with Gasteiger partial charge in [-0.25, -0.2) is 5.06 Å². The van der Waals surface area contributed by atoms with Gasteiger partial charge in [-0.15, -0.1) is 0 Å². The lowest BCUT2D eigenvalue weighted by Crippen LogP contribution is -2.38. The Morgan fingerprint density at radius 1 is 1.78 bits per heavy atom. The van der Waals surface area contributed by atoms with Gasteiger partial charge in [-0.2, -0.15) is 0 Å². The van der Waals surface area contributed by atoms with Crippen LogP contribution in [0.25, 0.3) is 0 Å². The summed E-state index contributed by atoms with van der Waals surface area (Å²) in [5, 5.41) is 1.10. The van der Waals surface area contributed by atoms with E-state index in [0.717, 1.165) is 5.06 Å². The molecule has 0 saturated carbocycles. The highest BCUT2D eigenvalue weighted by molar-refractivity contribution is 5.79. The summed E-state index contributed by atoms with van der Waals surface area (Å²) in [5.74, 6) is -0.225. The molecule has 0 unspecified atom stereocenters. The van der Waals surface area contributed by atoms with E-state index in [0.29, 0.717) is 0 Å². The van der Waals surface area contributed by atoms with Gasteiger partial charge in [-0.05, 0) is 6.92 Å². The lowest BCUT2D eigenvalue weighted by molar-refractivity contribution is -0.169. The molecule has 0 bridgehead atoms. The van der Waals surface area contributed by atoms with Crippen molar-refractivity contribution in [3.05, 3.63) is 0 Å². The molecule has 0 radical (unpaired) electrons. The molecular formula is C5H12N2O2. The van der Waals surface area contributed by atoms with Gasteiger partial charge in [0, 0.05) is 7.05 Å². The Hall–Kier alpha value is -0.610. The molecule has 0 aromatic rings. The lowest BCUT2D eigenvalue weighted by Gasteiger charge is -2.15. The van der Waals surface area contributed by atoms with E-state index >= 15 is 0 Å². The largest absolute Gasteiger partial charge is 0.320 e. The van der Waals surface area contributed by atoms with Crippen LogP contribution in [0.15, 0.2) is 0 Å². The molecule has 0 saturated heterocycles. The van der Waals surface area contributed by atoms with Crippen molar-refractivity contribution in [2.24, 2.45) is 5.73 Å². The molecule has 0 aliphatic rings. The Balaban J connectivity index is 3.73. The maximum absolute atomic E-state index is 10.7. The van der Waals surface area contributed by atoms with E-state index in [1.165, 1.54) is 14.2 Å². The van der Waals surface area contributed by atoms with Crippen LogP contribution < -0.4 is 5.73 Å². The maximum Gasteiger partial charge on any atom is 0.262 e. The highest BCUT2D eigenvalue weighted by Crippen LogP contribution is 1.86. The normalized spacial score (nSPS) is 12.9. The van der Waals surface area contributed by atoms with Crippen molar-refractivity contribution in [3.63, 3.8) is 0 Å². The molecule has 0 aliphatic heterocycles. The summed E-state index contributed by atoms with van der Waals surface area (Å²) in [7, 11) is 2.94. The molecule has 4 nitrogen and oxygen atoms in total. The summed E-state index contributed by atoms with van der Waals surface area (Å²) in [6, 6.07) is -0.491. The zero-order valence-electron chi connectivity index (χ0n) is 5.92. The Labute approximate surface area is 54.5 Å². The number of nitrogens with zero attached hydrogens (tertiary/aromatic N) is 1. The van der Waals surface area contributed by atoms with Gasteiger partial charge in [0.15, 0.2) is 0 Å². The van der Waals surface area contributed by atoms with Crippen LogP contribution in [0.1, 0.15) is 6.92 Å². The number of carbonyl (C=O) groups excluding carboxylic acids is 1. The Morgan fingerprint density at radius 3 is 2.33 bits per heavy atom. The first-order valence-electron chi connectivity index (χ1n) is 2.67.